The summed E-state index contributed by atoms with van der Waals surface area (Å²) >= 11 is 17.9. The first-order chi connectivity index (χ1) is 16.3. The Hall–Kier alpha value is -3.32. The molecule has 0 fully saturated rings. The van der Waals surface area contributed by atoms with Crippen molar-refractivity contribution in [1.29, 1.82) is 0 Å². The zero-order chi connectivity index (χ0) is 24.2. The number of nitrogens with one attached hydrogen (secondary N) is 2. The predicted octanol–water partition coefficient (Wildman–Crippen LogP) is 5.35. The monoisotopic (exact) mass is 513 g/mol. The molecule has 0 atom stereocenters. The average Bonchev–Trinajstić information content (AvgIpc) is 3.03. The largest absolute Gasteiger partial charge is 0.375 e. The fourth-order valence-electron chi connectivity index (χ4n) is 3.32. The third-order valence-corrected chi connectivity index (χ3v) is 6.01. The van der Waals surface area contributed by atoms with Gasteiger partial charge >= 0.3 is 0 Å². The quantitative estimate of drug-likeness (QED) is 0.416. The topological polar surface area (TPSA) is 78.5 Å². The van der Waals surface area contributed by atoms with Crippen molar-refractivity contribution >= 4 is 58.2 Å². The number of nitrogens with zero attached hydrogens (tertiary/aromatic N) is 1. The maximum atomic E-state index is 12.8. The van der Waals surface area contributed by atoms with Crippen LogP contribution in [0.2, 0.25) is 10.0 Å². The molecule has 0 spiro atoms. The molecular weight excluding hydrogens is 497 g/mol. The molecule has 0 saturated heterocycles. The van der Waals surface area contributed by atoms with Gasteiger partial charge in [-0.1, -0.05) is 59.1 Å². The normalized spacial score (nSPS) is 13.4. The second-order valence-corrected chi connectivity index (χ2v) is 8.77. The number of amides is 3. The Morgan fingerprint density at radius 3 is 1.91 bits per heavy atom. The molecule has 0 aliphatic carbocycles. The SMILES string of the molecule is O=C(Nc1ccc(Cl)cc1)c1ccc(CNC2=C(Cl)C(=O)N(Cc3ccc(Cl)cc3)C2=O)cc1. The number of rotatable bonds is 7. The van der Waals surface area contributed by atoms with E-state index in [2.05, 4.69) is 10.6 Å². The fourth-order valence-corrected chi connectivity index (χ4v) is 3.82. The Kier molecular flexibility index (Phi) is 7.22. The zero-order valence-electron chi connectivity index (χ0n) is 17.6. The van der Waals surface area contributed by atoms with Gasteiger partial charge in [-0.15, -0.1) is 0 Å². The van der Waals surface area contributed by atoms with Gasteiger partial charge in [0.15, 0.2) is 0 Å². The van der Waals surface area contributed by atoms with Crippen molar-refractivity contribution in [2.45, 2.75) is 13.1 Å². The Morgan fingerprint density at radius 1 is 0.735 bits per heavy atom. The molecule has 9 heteroatoms. The standard InChI is InChI=1S/C25H18Cl3N3O3/c26-18-7-3-16(4-8-18)14-31-24(33)21(28)22(25(31)34)29-13-15-1-5-17(6-2-15)23(32)30-20-11-9-19(27)10-12-20/h1-12,29H,13-14H2,(H,30,32). The van der Waals surface area contributed by atoms with Gasteiger partial charge in [-0.25, -0.2) is 0 Å². The predicted molar refractivity (Wildman–Crippen MR) is 133 cm³/mol. The van der Waals surface area contributed by atoms with Crippen molar-refractivity contribution in [3.63, 3.8) is 0 Å². The highest BCUT2D eigenvalue weighted by Crippen LogP contribution is 2.25. The highest BCUT2D eigenvalue weighted by molar-refractivity contribution is 6.47. The molecule has 2 N–H and O–H groups in total. The molecule has 6 nitrogen and oxygen atoms in total. The Morgan fingerprint density at radius 2 is 1.29 bits per heavy atom. The molecule has 3 aromatic carbocycles. The second kappa shape index (κ2) is 10.3. The van der Waals surface area contributed by atoms with E-state index in [-0.39, 0.29) is 29.7 Å². The number of carbonyl (C=O) groups excluding carboxylic acids is 3. The van der Waals surface area contributed by atoms with Crippen molar-refractivity contribution in [3.05, 3.63) is 110 Å². The van der Waals surface area contributed by atoms with Crippen molar-refractivity contribution in [2.24, 2.45) is 0 Å². The first-order valence-electron chi connectivity index (χ1n) is 10.2. The van der Waals surface area contributed by atoms with Gasteiger partial charge in [0, 0.05) is 27.8 Å². The first kappa shape index (κ1) is 23.8. The van der Waals surface area contributed by atoms with Crippen LogP contribution >= 0.6 is 34.8 Å². The van der Waals surface area contributed by atoms with E-state index in [1.807, 2.05) is 0 Å². The Bertz CT molecular complexity index is 1270. The molecule has 0 unspecified atom stereocenters. The maximum Gasteiger partial charge on any atom is 0.278 e. The summed E-state index contributed by atoms with van der Waals surface area (Å²) in [6, 6.07) is 20.5. The van der Waals surface area contributed by atoms with Gasteiger partial charge in [0.25, 0.3) is 17.7 Å². The molecule has 4 rings (SSSR count). The lowest BCUT2D eigenvalue weighted by Gasteiger charge is -2.15. The molecule has 0 radical (unpaired) electrons. The van der Waals surface area contributed by atoms with Crippen molar-refractivity contribution in [1.82, 2.24) is 10.2 Å². The summed E-state index contributed by atoms with van der Waals surface area (Å²) in [7, 11) is 0. The van der Waals surface area contributed by atoms with Crippen LogP contribution in [0.15, 0.2) is 83.5 Å². The minimum atomic E-state index is -0.557. The van der Waals surface area contributed by atoms with E-state index >= 15 is 0 Å². The molecular formula is C25H18Cl3N3O3. The van der Waals surface area contributed by atoms with Gasteiger partial charge < -0.3 is 10.6 Å². The van der Waals surface area contributed by atoms with Gasteiger partial charge in [0.1, 0.15) is 10.7 Å². The van der Waals surface area contributed by atoms with Crippen LogP contribution in [0.1, 0.15) is 21.5 Å². The summed E-state index contributed by atoms with van der Waals surface area (Å²) in [4.78, 5) is 38.8. The van der Waals surface area contributed by atoms with Crippen LogP contribution in [-0.4, -0.2) is 22.6 Å². The number of hydrogen-bond acceptors (Lipinski definition) is 4. The molecule has 3 amide bonds. The number of carbonyl (C=O) groups is 3. The van der Waals surface area contributed by atoms with E-state index in [0.29, 0.717) is 21.3 Å². The summed E-state index contributed by atoms with van der Waals surface area (Å²) in [5.74, 6) is -1.32. The lowest BCUT2D eigenvalue weighted by Crippen LogP contribution is -2.33. The summed E-state index contributed by atoms with van der Waals surface area (Å²) in [5, 5.41) is 6.73. The van der Waals surface area contributed by atoms with Crippen LogP contribution in [0.5, 0.6) is 0 Å². The minimum absolute atomic E-state index is 0.0465. The van der Waals surface area contributed by atoms with Gasteiger partial charge in [-0.05, 0) is 59.7 Å². The second-order valence-electron chi connectivity index (χ2n) is 7.52. The van der Waals surface area contributed by atoms with Crippen LogP contribution < -0.4 is 10.6 Å². The van der Waals surface area contributed by atoms with Crippen LogP contribution in [0.25, 0.3) is 0 Å². The Labute approximate surface area is 211 Å². The number of halogens is 3. The summed E-state index contributed by atoms with van der Waals surface area (Å²) in [6.07, 6.45) is 0. The smallest absolute Gasteiger partial charge is 0.278 e. The number of imide groups is 1. The lowest BCUT2D eigenvalue weighted by atomic mass is 10.1. The summed E-state index contributed by atoms with van der Waals surface area (Å²) < 4.78 is 0. The summed E-state index contributed by atoms with van der Waals surface area (Å²) in [6.45, 7) is 0.339. The van der Waals surface area contributed by atoms with E-state index in [0.717, 1.165) is 16.0 Å². The van der Waals surface area contributed by atoms with Crippen LogP contribution in [-0.2, 0) is 22.7 Å². The summed E-state index contributed by atoms with van der Waals surface area (Å²) in [5.41, 5.74) is 2.71. The van der Waals surface area contributed by atoms with Crippen molar-refractivity contribution < 1.29 is 14.4 Å². The van der Waals surface area contributed by atoms with E-state index in [4.69, 9.17) is 34.8 Å². The molecule has 0 bridgehead atoms. The van der Waals surface area contributed by atoms with E-state index in [1.54, 1.807) is 72.8 Å². The van der Waals surface area contributed by atoms with Gasteiger partial charge in [0.05, 0.1) is 6.54 Å². The van der Waals surface area contributed by atoms with Gasteiger partial charge in [-0.2, -0.15) is 0 Å². The van der Waals surface area contributed by atoms with Gasteiger partial charge in [-0.3, -0.25) is 19.3 Å². The van der Waals surface area contributed by atoms with Crippen molar-refractivity contribution in [2.75, 3.05) is 5.32 Å². The third-order valence-electron chi connectivity index (χ3n) is 5.15. The Balaban J connectivity index is 1.36. The third kappa shape index (κ3) is 5.42. The van der Waals surface area contributed by atoms with Crippen LogP contribution in [0, 0.1) is 0 Å². The zero-order valence-corrected chi connectivity index (χ0v) is 19.9. The highest BCUT2D eigenvalue weighted by Gasteiger charge is 2.37. The molecule has 1 heterocycles. The maximum absolute atomic E-state index is 12.8. The average molecular weight is 515 g/mol. The van der Waals surface area contributed by atoms with Gasteiger partial charge in [0.2, 0.25) is 0 Å². The molecule has 34 heavy (non-hydrogen) atoms. The fraction of sp³-hybridized carbons (Fsp3) is 0.0800. The molecule has 3 aromatic rings. The highest BCUT2D eigenvalue weighted by atomic mass is 35.5. The molecule has 0 aromatic heterocycles. The van der Waals surface area contributed by atoms with Crippen LogP contribution in [0.4, 0.5) is 5.69 Å². The van der Waals surface area contributed by atoms with Crippen LogP contribution in [0.3, 0.4) is 0 Å². The van der Waals surface area contributed by atoms with E-state index in [9.17, 15) is 14.4 Å². The minimum Gasteiger partial charge on any atom is -0.375 e. The number of benzene rings is 3. The number of hydrogen-bond donors (Lipinski definition) is 2. The van der Waals surface area contributed by atoms with E-state index in [1.165, 1.54) is 0 Å². The molecule has 1 aliphatic rings. The number of anilines is 1. The van der Waals surface area contributed by atoms with E-state index < -0.39 is 11.8 Å². The van der Waals surface area contributed by atoms with Crippen molar-refractivity contribution in [3.8, 4) is 0 Å². The lowest BCUT2D eigenvalue weighted by molar-refractivity contribution is -0.138. The first-order valence-corrected chi connectivity index (χ1v) is 11.4. The molecule has 172 valence electrons. The molecule has 1 aliphatic heterocycles. The molecule has 0 saturated carbocycles.